The molecule has 0 radical (unpaired) electrons. The Kier molecular flexibility index (Phi) is 3.99. The van der Waals surface area contributed by atoms with Crippen molar-refractivity contribution in [3.05, 3.63) is 0 Å². The minimum absolute atomic E-state index is 0.0796. The SMILES string of the molecule is NC(CNC(=O)CN1CCCCC1=O)C1CC1. The zero-order chi connectivity index (χ0) is 12.3. The summed E-state index contributed by atoms with van der Waals surface area (Å²) in [4.78, 5) is 24.8. The Morgan fingerprint density at radius 1 is 1.47 bits per heavy atom. The van der Waals surface area contributed by atoms with Crippen molar-refractivity contribution in [3.8, 4) is 0 Å². The summed E-state index contributed by atoms with van der Waals surface area (Å²) in [5, 5.41) is 2.81. The number of nitrogens with one attached hydrogen (secondary N) is 1. The molecule has 2 rings (SSSR count). The Hall–Kier alpha value is -1.10. The third kappa shape index (κ3) is 3.70. The van der Waals surface area contributed by atoms with Crippen LogP contribution in [0.5, 0.6) is 0 Å². The second-order valence-corrected chi connectivity index (χ2v) is 5.08. The molecule has 0 aromatic carbocycles. The van der Waals surface area contributed by atoms with Crippen LogP contribution in [0.3, 0.4) is 0 Å². The number of likely N-dealkylation sites (tertiary alicyclic amines) is 1. The van der Waals surface area contributed by atoms with Crippen molar-refractivity contribution in [2.45, 2.75) is 38.1 Å². The summed E-state index contributed by atoms with van der Waals surface area (Å²) < 4.78 is 0. The number of rotatable bonds is 5. The highest BCUT2D eigenvalue weighted by Gasteiger charge is 2.28. The fraction of sp³-hybridized carbons (Fsp3) is 0.833. The van der Waals surface area contributed by atoms with Crippen LogP contribution < -0.4 is 11.1 Å². The molecule has 17 heavy (non-hydrogen) atoms. The van der Waals surface area contributed by atoms with Crippen molar-refractivity contribution >= 4 is 11.8 Å². The Morgan fingerprint density at radius 3 is 2.88 bits per heavy atom. The lowest BCUT2D eigenvalue weighted by molar-refractivity contribution is -0.137. The molecule has 0 aromatic heterocycles. The van der Waals surface area contributed by atoms with Crippen LogP contribution >= 0.6 is 0 Å². The van der Waals surface area contributed by atoms with Gasteiger partial charge in [-0.05, 0) is 31.6 Å². The van der Waals surface area contributed by atoms with E-state index in [0.29, 0.717) is 25.4 Å². The molecule has 1 aliphatic carbocycles. The van der Waals surface area contributed by atoms with Gasteiger partial charge in [-0.1, -0.05) is 0 Å². The Morgan fingerprint density at radius 2 is 2.24 bits per heavy atom. The first-order valence-corrected chi connectivity index (χ1v) is 6.47. The molecule has 2 aliphatic rings. The molecule has 96 valence electrons. The van der Waals surface area contributed by atoms with Gasteiger partial charge in [-0.15, -0.1) is 0 Å². The van der Waals surface area contributed by atoms with Crippen molar-refractivity contribution in [2.75, 3.05) is 19.6 Å². The first-order chi connectivity index (χ1) is 8.16. The maximum atomic E-state index is 11.6. The van der Waals surface area contributed by atoms with E-state index >= 15 is 0 Å². The van der Waals surface area contributed by atoms with Crippen molar-refractivity contribution in [1.82, 2.24) is 10.2 Å². The van der Waals surface area contributed by atoms with Gasteiger partial charge in [0.05, 0.1) is 6.54 Å². The van der Waals surface area contributed by atoms with E-state index in [4.69, 9.17) is 5.73 Å². The molecule has 2 amide bonds. The Labute approximate surface area is 102 Å². The molecule has 5 nitrogen and oxygen atoms in total. The topological polar surface area (TPSA) is 75.4 Å². The molecule has 3 N–H and O–H groups in total. The Balaban J connectivity index is 1.67. The van der Waals surface area contributed by atoms with E-state index < -0.39 is 0 Å². The van der Waals surface area contributed by atoms with E-state index in [1.165, 1.54) is 12.8 Å². The van der Waals surface area contributed by atoms with E-state index in [-0.39, 0.29) is 24.4 Å². The number of carbonyl (C=O) groups excluding carboxylic acids is 2. The monoisotopic (exact) mass is 239 g/mol. The first-order valence-electron chi connectivity index (χ1n) is 6.47. The van der Waals surface area contributed by atoms with Crippen LogP contribution in [0.4, 0.5) is 0 Å². The smallest absolute Gasteiger partial charge is 0.239 e. The molecule has 1 unspecified atom stereocenters. The number of piperidine rings is 1. The lowest BCUT2D eigenvalue weighted by Gasteiger charge is -2.26. The number of hydrogen-bond donors (Lipinski definition) is 2. The molecule has 1 saturated carbocycles. The predicted molar refractivity (Wildman–Crippen MR) is 64.1 cm³/mol. The van der Waals surface area contributed by atoms with Gasteiger partial charge in [-0.25, -0.2) is 0 Å². The van der Waals surface area contributed by atoms with E-state index in [0.717, 1.165) is 12.8 Å². The van der Waals surface area contributed by atoms with E-state index in [1.807, 2.05) is 0 Å². The molecular weight excluding hydrogens is 218 g/mol. The van der Waals surface area contributed by atoms with Gasteiger partial charge in [0.1, 0.15) is 0 Å². The van der Waals surface area contributed by atoms with Gasteiger partial charge in [0.2, 0.25) is 11.8 Å². The number of nitrogens with zero attached hydrogens (tertiary/aromatic N) is 1. The summed E-state index contributed by atoms with van der Waals surface area (Å²) in [6, 6.07) is 0.0796. The van der Waals surface area contributed by atoms with E-state index in [9.17, 15) is 9.59 Å². The summed E-state index contributed by atoms with van der Waals surface area (Å²) in [5.74, 6) is 0.598. The lowest BCUT2D eigenvalue weighted by atomic mass is 10.1. The predicted octanol–water partition coefficient (Wildman–Crippen LogP) is -0.148. The van der Waals surface area contributed by atoms with Crippen LogP contribution in [0, 0.1) is 5.92 Å². The van der Waals surface area contributed by atoms with Gasteiger partial charge >= 0.3 is 0 Å². The zero-order valence-electron chi connectivity index (χ0n) is 10.2. The van der Waals surface area contributed by atoms with Gasteiger partial charge in [0.15, 0.2) is 0 Å². The first kappa shape index (κ1) is 12.4. The van der Waals surface area contributed by atoms with Crippen molar-refractivity contribution in [3.63, 3.8) is 0 Å². The zero-order valence-corrected chi connectivity index (χ0v) is 10.2. The summed E-state index contributed by atoms with van der Waals surface area (Å²) in [5.41, 5.74) is 5.89. The van der Waals surface area contributed by atoms with Crippen molar-refractivity contribution in [1.29, 1.82) is 0 Å². The van der Waals surface area contributed by atoms with Gasteiger partial charge in [0, 0.05) is 25.6 Å². The van der Waals surface area contributed by atoms with E-state index in [2.05, 4.69) is 5.32 Å². The van der Waals surface area contributed by atoms with Crippen LogP contribution in [0.1, 0.15) is 32.1 Å². The largest absolute Gasteiger partial charge is 0.353 e. The second kappa shape index (κ2) is 5.49. The second-order valence-electron chi connectivity index (χ2n) is 5.08. The highest BCUT2D eigenvalue weighted by atomic mass is 16.2. The fourth-order valence-electron chi connectivity index (χ4n) is 2.18. The average molecular weight is 239 g/mol. The van der Waals surface area contributed by atoms with Crippen molar-refractivity contribution < 1.29 is 9.59 Å². The molecule has 1 atom stereocenters. The molecule has 5 heteroatoms. The van der Waals surface area contributed by atoms with Gasteiger partial charge < -0.3 is 16.0 Å². The minimum Gasteiger partial charge on any atom is -0.353 e. The molecule has 0 bridgehead atoms. The highest BCUT2D eigenvalue weighted by Crippen LogP contribution is 2.31. The summed E-state index contributed by atoms with van der Waals surface area (Å²) >= 11 is 0. The van der Waals surface area contributed by atoms with Crippen LogP contribution in [0.25, 0.3) is 0 Å². The summed E-state index contributed by atoms with van der Waals surface area (Å²) in [6.07, 6.45) is 4.89. The molecule has 1 aliphatic heterocycles. The molecule has 2 fully saturated rings. The third-order valence-corrected chi connectivity index (χ3v) is 3.52. The lowest BCUT2D eigenvalue weighted by Crippen LogP contribution is -2.46. The van der Waals surface area contributed by atoms with Gasteiger partial charge in [-0.3, -0.25) is 9.59 Å². The number of nitrogens with two attached hydrogens (primary N) is 1. The molecular formula is C12H21N3O2. The van der Waals surface area contributed by atoms with Crippen LogP contribution in [-0.2, 0) is 9.59 Å². The quantitative estimate of drug-likeness (QED) is 0.700. The van der Waals surface area contributed by atoms with Crippen LogP contribution in [0.15, 0.2) is 0 Å². The maximum absolute atomic E-state index is 11.6. The number of carbonyl (C=O) groups is 2. The highest BCUT2D eigenvalue weighted by molar-refractivity contribution is 5.85. The van der Waals surface area contributed by atoms with E-state index in [1.54, 1.807) is 4.90 Å². The van der Waals surface area contributed by atoms with Crippen LogP contribution in [-0.4, -0.2) is 42.4 Å². The van der Waals surface area contributed by atoms with Gasteiger partial charge in [-0.2, -0.15) is 0 Å². The van der Waals surface area contributed by atoms with Gasteiger partial charge in [0.25, 0.3) is 0 Å². The van der Waals surface area contributed by atoms with Crippen molar-refractivity contribution in [2.24, 2.45) is 11.7 Å². The molecule has 1 saturated heterocycles. The molecule has 0 aromatic rings. The summed E-state index contributed by atoms with van der Waals surface area (Å²) in [6.45, 7) is 1.43. The molecule has 1 heterocycles. The van der Waals surface area contributed by atoms with Crippen LogP contribution in [0.2, 0.25) is 0 Å². The Bertz CT molecular complexity index is 302. The maximum Gasteiger partial charge on any atom is 0.239 e. The minimum atomic E-state index is -0.0867. The standard InChI is InChI=1S/C12H21N3O2/c13-10(9-4-5-9)7-14-11(16)8-15-6-2-1-3-12(15)17/h9-10H,1-8,13H2,(H,14,16). The number of amides is 2. The summed E-state index contributed by atoms with van der Waals surface area (Å²) in [7, 11) is 0. The average Bonchev–Trinajstić information content (AvgIpc) is 3.13. The fourth-order valence-corrected chi connectivity index (χ4v) is 2.18. The third-order valence-electron chi connectivity index (χ3n) is 3.52. The molecule has 0 spiro atoms. The normalized spacial score (nSPS) is 22.4. The number of hydrogen-bond acceptors (Lipinski definition) is 3.